The van der Waals surface area contributed by atoms with Crippen LogP contribution in [0.25, 0.3) is 0 Å². The van der Waals surface area contributed by atoms with Crippen LogP contribution in [0.4, 0.5) is 0 Å². The van der Waals surface area contributed by atoms with Gasteiger partial charge in [-0.05, 0) is 33.8 Å². The lowest BCUT2D eigenvalue weighted by atomic mass is 10.2. The summed E-state index contributed by atoms with van der Waals surface area (Å²) in [5.74, 6) is 0. The molecule has 0 unspecified atom stereocenters. The highest BCUT2D eigenvalue weighted by Gasteiger charge is 2.12. The Labute approximate surface area is 98.0 Å². The number of hydrogen-bond acceptors (Lipinski definition) is 3. The van der Waals surface area contributed by atoms with Gasteiger partial charge in [-0.1, -0.05) is 0 Å². The molecule has 1 aromatic rings. The molecule has 1 heterocycles. The summed E-state index contributed by atoms with van der Waals surface area (Å²) in [4.78, 5) is 0. The van der Waals surface area contributed by atoms with Gasteiger partial charge in [-0.3, -0.25) is 4.68 Å². The monoisotopic (exact) mass is 225 g/mol. The number of rotatable bonds is 7. The van der Waals surface area contributed by atoms with Crippen LogP contribution in [-0.2, 0) is 4.74 Å². The fourth-order valence-electron chi connectivity index (χ4n) is 1.50. The molecule has 0 aromatic carbocycles. The molecule has 0 saturated heterocycles. The van der Waals surface area contributed by atoms with Gasteiger partial charge in [0.25, 0.3) is 0 Å². The lowest BCUT2D eigenvalue weighted by molar-refractivity contribution is 0.0786. The second-order valence-corrected chi connectivity index (χ2v) is 4.39. The van der Waals surface area contributed by atoms with Crippen LogP contribution in [0.15, 0.2) is 18.5 Å². The zero-order valence-electron chi connectivity index (χ0n) is 10.7. The topological polar surface area (TPSA) is 39.1 Å². The third kappa shape index (κ3) is 4.33. The first kappa shape index (κ1) is 13.2. The maximum absolute atomic E-state index is 5.48. The van der Waals surface area contributed by atoms with Gasteiger partial charge in [0.05, 0.1) is 18.8 Å². The molecule has 0 aliphatic carbocycles. The molecule has 0 aliphatic rings. The summed E-state index contributed by atoms with van der Waals surface area (Å²) in [5.41, 5.74) is 0. The maximum atomic E-state index is 5.48. The summed E-state index contributed by atoms with van der Waals surface area (Å²) in [7, 11) is 0. The molecule has 2 atom stereocenters. The van der Waals surface area contributed by atoms with Gasteiger partial charge in [-0.2, -0.15) is 5.10 Å². The highest BCUT2D eigenvalue weighted by atomic mass is 16.5. The van der Waals surface area contributed by atoms with Gasteiger partial charge in [0.15, 0.2) is 0 Å². The number of nitrogens with one attached hydrogen (secondary N) is 1. The quantitative estimate of drug-likeness (QED) is 0.720. The van der Waals surface area contributed by atoms with Crippen LogP contribution >= 0.6 is 0 Å². The molecule has 0 radical (unpaired) electrons. The molecular formula is C12H23N3O. The molecule has 16 heavy (non-hydrogen) atoms. The minimum atomic E-state index is 0.306. The summed E-state index contributed by atoms with van der Waals surface area (Å²) >= 11 is 0. The summed E-state index contributed by atoms with van der Waals surface area (Å²) in [5, 5.41) is 7.68. The average molecular weight is 225 g/mol. The first-order valence-corrected chi connectivity index (χ1v) is 5.95. The molecule has 0 aliphatic heterocycles. The third-order valence-corrected chi connectivity index (χ3v) is 2.69. The highest BCUT2D eigenvalue weighted by Crippen LogP contribution is 2.08. The minimum absolute atomic E-state index is 0.306. The molecule has 0 amide bonds. The zero-order valence-corrected chi connectivity index (χ0v) is 10.7. The van der Waals surface area contributed by atoms with Crippen molar-refractivity contribution in [2.45, 2.75) is 45.9 Å². The van der Waals surface area contributed by atoms with Crippen molar-refractivity contribution in [3.63, 3.8) is 0 Å². The maximum Gasteiger partial charge on any atom is 0.0641 e. The molecule has 4 heteroatoms. The van der Waals surface area contributed by atoms with E-state index < -0.39 is 0 Å². The number of nitrogens with zero attached hydrogens (tertiary/aromatic N) is 2. The van der Waals surface area contributed by atoms with E-state index in [2.05, 4.69) is 38.1 Å². The van der Waals surface area contributed by atoms with Crippen molar-refractivity contribution in [2.75, 3.05) is 13.2 Å². The predicted molar refractivity (Wildman–Crippen MR) is 65.5 cm³/mol. The Kier molecular flexibility index (Phi) is 5.49. The van der Waals surface area contributed by atoms with Gasteiger partial charge in [0, 0.05) is 25.0 Å². The summed E-state index contributed by atoms with van der Waals surface area (Å²) in [6, 6.07) is 2.69. The molecular weight excluding hydrogens is 202 g/mol. The molecule has 0 fully saturated rings. The first-order valence-electron chi connectivity index (χ1n) is 5.95. The SMILES string of the molecule is CC(C)OCCN[C@@H](C)[C@H](C)n1cccn1. The Morgan fingerprint density at radius 1 is 1.31 bits per heavy atom. The second kappa shape index (κ2) is 6.66. The van der Waals surface area contributed by atoms with Gasteiger partial charge in [0.1, 0.15) is 0 Å². The van der Waals surface area contributed by atoms with Crippen LogP contribution in [-0.4, -0.2) is 35.1 Å². The molecule has 0 spiro atoms. The van der Waals surface area contributed by atoms with E-state index >= 15 is 0 Å². The first-order chi connectivity index (χ1) is 7.61. The van der Waals surface area contributed by atoms with E-state index in [0.717, 1.165) is 13.2 Å². The smallest absolute Gasteiger partial charge is 0.0641 e. The van der Waals surface area contributed by atoms with Crippen LogP contribution in [0.5, 0.6) is 0 Å². The van der Waals surface area contributed by atoms with Crippen LogP contribution in [0, 0.1) is 0 Å². The largest absolute Gasteiger partial charge is 0.377 e. The lowest BCUT2D eigenvalue weighted by Crippen LogP contribution is -2.36. The van der Waals surface area contributed by atoms with Crippen molar-refractivity contribution in [1.82, 2.24) is 15.1 Å². The Balaban J connectivity index is 2.22. The van der Waals surface area contributed by atoms with Gasteiger partial charge in [-0.25, -0.2) is 0 Å². The third-order valence-electron chi connectivity index (χ3n) is 2.69. The van der Waals surface area contributed by atoms with Gasteiger partial charge in [-0.15, -0.1) is 0 Å². The predicted octanol–water partition coefficient (Wildman–Crippen LogP) is 1.85. The van der Waals surface area contributed by atoms with Gasteiger partial charge < -0.3 is 10.1 Å². The zero-order chi connectivity index (χ0) is 12.0. The normalized spacial score (nSPS) is 15.3. The molecule has 1 rings (SSSR count). The van der Waals surface area contributed by atoms with Gasteiger partial charge >= 0.3 is 0 Å². The van der Waals surface area contributed by atoms with E-state index in [0.29, 0.717) is 18.2 Å². The number of aromatic nitrogens is 2. The summed E-state index contributed by atoms with van der Waals surface area (Å²) in [6.45, 7) is 10.1. The molecule has 92 valence electrons. The molecule has 0 bridgehead atoms. The van der Waals surface area contributed by atoms with E-state index in [1.165, 1.54) is 0 Å². The Morgan fingerprint density at radius 3 is 2.62 bits per heavy atom. The van der Waals surface area contributed by atoms with E-state index in [1.54, 1.807) is 0 Å². The standard InChI is InChI=1S/C12H23N3O/c1-10(2)16-9-7-13-11(3)12(4)15-8-5-6-14-15/h5-6,8,10-13H,7,9H2,1-4H3/t11-,12-/m0/s1. The van der Waals surface area contributed by atoms with Crippen molar-refractivity contribution in [3.05, 3.63) is 18.5 Å². The van der Waals surface area contributed by atoms with Crippen molar-refractivity contribution in [1.29, 1.82) is 0 Å². The van der Waals surface area contributed by atoms with Crippen LogP contribution < -0.4 is 5.32 Å². The highest BCUT2D eigenvalue weighted by molar-refractivity contribution is 4.83. The van der Waals surface area contributed by atoms with Crippen LogP contribution in [0.1, 0.15) is 33.7 Å². The van der Waals surface area contributed by atoms with Crippen molar-refractivity contribution < 1.29 is 4.74 Å². The van der Waals surface area contributed by atoms with E-state index in [-0.39, 0.29) is 0 Å². The fraction of sp³-hybridized carbons (Fsp3) is 0.750. The Hall–Kier alpha value is -0.870. The van der Waals surface area contributed by atoms with E-state index in [4.69, 9.17) is 4.74 Å². The van der Waals surface area contributed by atoms with Crippen molar-refractivity contribution in [2.24, 2.45) is 0 Å². The van der Waals surface area contributed by atoms with E-state index in [1.807, 2.05) is 23.1 Å². The Bertz CT molecular complexity index is 272. The van der Waals surface area contributed by atoms with Crippen LogP contribution in [0.3, 0.4) is 0 Å². The second-order valence-electron chi connectivity index (χ2n) is 4.39. The summed E-state index contributed by atoms with van der Waals surface area (Å²) < 4.78 is 7.45. The summed E-state index contributed by atoms with van der Waals surface area (Å²) in [6.07, 6.45) is 4.11. The average Bonchev–Trinajstić information content (AvgIpc) is 2.76. The lowest BCUT2D eigenvalue weighted by Gasteiger charge is -2.22. The minimum Gasteiger partial charge on any atom is -0.377 e. The van der Waals surface area contributed by atoms with E-state index in [9.17, 15) is 0 Å². The molecule has 0 saturated carbocycles. The fourth-order valence-corrected chi connectivity index (χ4v) is 1.50. The van der Waals surface area contributed by atoms with Crippen molar-refractivity contribution >= 4 is 0 Å². The molecule has 1 N–H and O–H groups in total. The van der Waals surface area contributed by atoms with Crippen LogP contribution in [0.2, 0.25) is 0 Å². The molecule has 1 aromatic heterocycles. The Morgan fingerprint density at radius 2 is 2.06 bits per heavy atom. The van der Waals surface area contributed by atoms with Crippen molar-refractivity contribution in [3.8, 4) is 0 Å². The molecule has 4 nitrogen and oxygen atoms in total. The van der Waals surface area contributed by atoms with Gasteiger partial charge in [0.2, 0.25) is 0 Å². The number of hydrogen-bond donors (Lipinski definition) is 1. The number of ether oxygens (including phenoxy) is 1.